The van der Waals surface area contributed by atoms with E-state index in [2.05, 4.69) is 123 Å². The Morgan fingerprint density at radius 1 is 1.08 bits per heavy atom. The van der Waals surface area contributed by atoms with Crippen LogP contribution in [0.5, 0.6) is 0 Å². The van der Waals surface area contributed by atoms with Crippen LogP contribution in [0.3, 0.4) is 0 Å². The van der Waals surface area contributed by atoms with Gasteiger partial charge in [0.1, 0.15) is 0 Å². The zero-order valence-electron chi connectivity index (χ0n) is 30.1. The number of unbranched alkanes of at least 4 members (excludes halogenated alkanes) is 2. The maximum absolute atomic E-state index is 5.29. The molecule has 2 atom stereocenters. The van der Waals surface area contributed by atoms with Gasteiger partial charge in [0.15, 0.2) is 0 Å². The van der Waals surface area contributed by atoms with E-state index in [9.17, 15) is 0 Å². The summed E-state index contributed by atoms with van der Waals surface area (Å²) in [6, 6.07) is 8.23. The molecule has 0 bridgehead atoms. The Hall–Kier alpha value is -4.88. The van der Waals surface area contributed by atoms with Gasteiger partial charge in [0.25, 0.3) is 0 Å². The van der Waals surface area contributed by atoms with Crippen LogP contribution in [-0.2, 0) is 0 Å². The van der Waals surface area contributed by atoms with Gasteiger partial charge < -0.3 is 0 Å². The first-order valence-corrected chi connectivity index (χ1v) is 17.9. The number of pyridine rings is 2. The van der Waals surface area contributed by atoms with E-state index in [0.717, 1.165) is 76.1 Å². The molecule has 0 saturated heterocycles. The van der Waals surface area contributed by atoms with Gasteiger partial charge in [-0.15, -0.1) is 0 Å². The van der Waals surface area contributed by atoms with Gasteiger partial charge in [0.05, 0.1) is 6.54 Å². The van der Waals surface area contributed by atoms with Crippen molar-refractivity contribution in [1.82, 2.24) is 9.97 Å². The molecule has 2 aliphatic rings. The van der Waals surface area contributed by atoms with Crippen LogP contribution >= 0.6 is 0 Å². The zero-order chi connectivity index (χ0) is 34.8. The van der Waals surface area contributed by atoms with E-state index in [1.807, 2.05) is 49.2 Å². The van der Waals surface area contributed by atoms with Crippen molar-refractivity contribution in [3.05, 3.63) is 143 Å². The molecule has 0 aromatic carbocycles. The van der Waals surface area contributed by atoms with Crippen molar-refractivity contribution in [1.29, 1.82) is 0 Å². The Balaban J connectivity index is 1.81. The van der Waals surface area contributed by atoms with Crippen molar-refractivity contribution in [2.24, 2.45) is 21.8 Å². The highest BCUT2D eigenvalue weighted by atomic mass is 14.8. The highest BCUT2D eigenvalue weighted by Gasteiger charge is 2.14. The molecule has 4 nitrogen and oxygen atoms in total. The monoisotopic (exact) mass is 648 g/mol. The average molecular weight is 649 g/mol. The molecule has 0 fully saturated rings. The Kier molecular flexibility index (Phi) is 14.9. The number of hydrogen-bond donors (Lipinski definition) is 0. The molecule has 2 aromatic heterocycles. The first kappa shape index (κ1) is 36.9. The second kappa shape index (κ2) is 19.8. The number of aliphatic imine (C=N–C) groups is 2. The third-order valence-electron chi connectivity index (χ3n) is 8.76. The third kappa shape index (κ3) is 11.6. The molecule has 0 radical (unpaired) electrons. The molecule has 2 aromatic rings. The minimum atomic E-state index is 0.00708. The smallest absolute Gasteiger partial charge is 0.0579 e. The van der Waals surface area contributed by atoms with E-state index in [1.165, 1.54) is 18.4 Å². The predicted octanol–water partition coefficient (Wildman–Crippen LogP) is 11.3. The summed E-state index contributed by atoms with van der Waals surface area (Å²) in [5, 5.41) is 0. The predicted molar refractivity (Wildman–Crippen MR) is 211 cm³/mol. The molecule has 4 heteroatoms. The van der Waals surface area contributed by atoms with Gasteiger partial charge in [-0.2, -0.15) is 0 Å². The van der Waals surface area contributed by atoms with E-state index in [0.29, 0.717) is 13.0 Å². The van der Waals surface area contributed by atoms with Crippen molar-refractivity contribution in [3.8, 4) is 11.8 Å². The molecule has 0 spiro atoms. The summed E-state index contributed by atoms with van der Waals surface area (Å²) >= 11 is 0. The van der Waals surface area contributed by atoms with Crippen LogP contribution < -0.4 is 0 Å². The summed E-state index contributed by atoms with van der Waals surface area (Å²) in [5.41, 5.74) is 11.1. The van der Waals surface area contributed by atoms with Gasteiger partial charge in [-0.05, 0) is 108 Å². The second-order valence-corrected chi connectivity index (χ2v) is 12.7. The summed E-state index contributed by atoms with van der Waals surface area (Å²) in [4.78, 5) is 18.6. The minimum absolute atomic E-state index is 0.00708. The van der Waals surface area contributed by atoms with E-state index < -0.39 is 0 Å². The highest BCUT2D eigenvalue weighted by Crippen LogP contribution is 2.30. The van der Waals surface area contributed by atoms with Gasteiger partial charge >= 0.3 is 0 Å². The number of nitrogens with zero attached hydrogens (tertiary/aromatic N) is 4. The zero-order valence-corrected chi connectivity index (χ0v) is 30.1. The van der Waals surface area contributed by atoms with Gasteiger partial charge in [-0.25, -0.2) is 0 Å². The maximum Gasteiger partial charge on any atom is 0.0579 e. The highest BCUT2D eigenvalue weighted by molar-refractivity contribution is 5.83. The van der Waals surface area contributed by atoms with Crippen molar-refractivity contribution in [3.63, 3.8) is 0 Å². The van der Waals surface area contributed by atoms with E-state index in [-0.39, 0.29) is 11.8 Å². The molecule has 0 saturated carbocycles. The van der Waals surface area contributed by atoms with E-state index in [4.69, 9.17) is 4.99 Å². The molecular weight excluding hydrogens is 597 g/mol. The molecule has 49 heavy (non-hydrogen) atoms. The SMILES string of the molecule is C=C(/C=C(\N=C(\C)CCCCC)C(C)/C=C(\C=C(/CC)c1cccnc1)C1=CCN=CC=C1)/C1=C/C(c2cccnc2)=C\C(CC)C#CC1. The van der Waals surface area contributed by atoms with Crippen LogP contribution in [0.2, 0.25) is 0 Å². The van der Waals surface area contributed by atoms with Crippen molar-refractivity contribution >= 4 is 23.1 Å². The average Bonchev–Trinajstić information content (AvgIpc) is 3.40. The quantitative estimate of drug-likeness (QED) is 0.0835. The molecule has 252 valence electrons. The summed E-state index contributed by atoms with van der Waals surface area (Å²) in [5.74, 6) is 7.13. The summed E-state index contributed by atoms with van der Waals surface area (Å²) < 4.78 is 0. The van der Waals surface area contributed by atoms with Crippen LogP contribution in [0, 0.1) is 23.7 Å². The number of allylic oxidation sites excluding steroid dienone is 13. The lowest BCUT2D eigenvalue weighted by Gasteiger charge is -2.16. The van der Waals surface area contributed by atoms with Crippen LogP contribution in [0.15, 0.2) is 142 Å². The van der Waals surface area contributed by atoms with Crippen molar-refractivity contribution in [2.75, 3.05) is 6.54 Å². The molecule has 3 heterocycles. The number of rotatable bonds is 15. The lowest BCUT2D eigenvalue weighted by molar-refractivity contribution is 0.738. The van der Waals surface area contributed by atoms with Gasteiger partial charge in [0, 0.05) is 60.7 Å². The van der Waals surface area contributed by atoms with Crippen LogP contribution in [-0.4, -0.2) is 28.4 Å². The maximum atomic E-state index is 5.29. The molecule has 0 amide bonds. The Labute approximate surface area is 295 Å². The van der Waals surface area contributed by atoms with E-state index >= 15 is 0 Å². The Bertz CT molecular complexity index is 1760. The third-order valence-corrected chi connectivity index (χ3v) is 8.76. The fraction of sp³-hybridized carbons (Fsp3) is 0.333. The number of aromatic nitrogens is 2. The standard InChI is InChI=1S/C45H52N4/c1-7-10-11-16-36(6)49-45(28-34(4)40-18-12-17-37(8-2)29-44(31-40)42-21-15-25-48-33-42)35(5)27-43(39-19-13-23-46-26-22-39)30-38(9-3)41-20-14-24-47-32-41/h13-15,19-25,27-33,35,37H,4,7-11,16,18,26H2,1-3,5-6H3/b38-30+,40-31+,43-27+,44-29+,45-28-,49-36-. The lowest BCUT2D eigenvalue weighted by Crippen LogP contribution is -2.03. The summed E-state index contributed by atoms with van der Waals surface area (Å²) in [6.07, 6.45) is 34.1. The summed E-state index contributed by atoms with van der Waals surface area (Å²) in [6.45, 7) is 16.3. The second-order valence-electron chi connectivity index (χ2n) is 12.7. The van der Waals surface area contributed by atoms with Crippen LogP contribution in [0.25, 0.3) is 11.1 Å². The van der Waals surface area contributed by atoms with Gasteiger partial charge in [-0.3, -0.25) is 20.0 Å². The molecular formula is C45H52N4. The normalized spacial score (nSPS) is 20.0. The lowest BCUT2D eigenvalue weighted by atomic mass is 9.90. The van der Waals surface area contributed by atoms with Crippen molar-refractivity contribution < 1.29 is 0 Å². The Morgan fingerprint density at radius 2 is 1.90 bits per heavy atom. The fourth-order valence-corrected chi connectivity index (χ4v) is 5.82. The van der Waals surface area contributed by atoms with Crippen molar-refractivity contribution in [2.45, 2.75) is 79.6 Å². The topological polar surface area (TPSA) is 50.5 Å². The van der Waals surface area contributed by atoms with E-state index in [1.54, 1.807) is 0 Å². The molecule has 4 rings (SSSR count). The largest absolute Gasteiger partial charge is 0.289 e. The molecule has 1 aliphatic heterocycles. The van der Waals surface area contributed by atoms with Crippen LogP contribution in [0.1, 0.15) is 90.7 Å². The molecule has 0 N–H and O–H groups in total. The minimum Gasteiger partial charge on any atom is -0.289 e. The molecule has 1 aliphatic carbocycles. The summed E-state index contributed by atoms with van der Waals surface area (Å²) in [7, 11) is 0. The first-order chi connectivity index (χ1) is 23.9. The first-order valence-electron chi connectivity index (χ1n) is 17.9. The van der Waals surface area contributed by atoms with Crippen LogP contribution in [0.4, 0.5) is 0 Å². The van der Waals surface area contributed by atoms with Gasteiger partial charge in [0.2, 0.25) is 0 Å². The van der Waals surface area contributed by atoms with Gasteiger partial charge in [-0.1, -0.05) is 101 Å². The fourth-order valence-electron chi connectivity index (χ4n) is 5.82. The number of hydrogen-bond acceptors (Lipinski definition) is 4. The molecule has 2 unspecified atom stereocenters. The Morgan fingerprint density at radius 3 is 2.61 bits per heavy atom.